The molecule has 1 saturated heterocycles. The Balaban J connectivity index is 1.64. The highest BCUT2D eigenvalue weighted by molar-refractivity contribution is 7.99. The van der Waals surface area contributed by atoms with Gasteiger partial charge in [-0.1, -0.05) is 60.3 Å². The molecule has 6 heteroatoms. The molecule has 5 nitrogen and oxygen atoms in total. The van der Waals surface area contributed by atoms with Crippen LogP contribution in [0, 0.1) is 0 Å². The van der Waals surface area contributed by atoms with E-state index in [9.17, 15) is 10.2 Å². The number of aliphatic hydroxyl groups is 2. The van der Waals surface area contributed by atoms with Gasteiger partial charge in [0, 0.05) is 10.5 Å². The van der Waals surface area contributed by atoms with Crippen molar-refractivity contribution in [2.75, 3.05) is 13.2 Å². The first-order chi connectivity index (χ1) is 12.7. The molecule has 3 rings (SSSR count). The summed E-state index contributed by atoms with van der Waals surface area (Å²) in [6, 6.07) is 19.3. The van der Waals surface area contributed by atoms with E-state index in [1.54, 1.807) is 6.92 Å². The molecule has 0 amide bonds. The van der Waals surface area contributed by atoms with Crippen molar-refractivity contribution >= 4 is 11.8 Å². The van der Waals surface area contributed by atoms with Crippen LogP contribution in [0.1, 0.15) is 18.8 Å². The number of ether oxygens (including phenoxy) is 3. The van der Waals surface area contributed by atoms with Gasteiger partial charge in [0.15, 0.2) is 6.29 Å². The second-order valence-corrected chi connectivity index (χ2v) is 7.32. The van der Waals surface area contributed by atoms with Crippen LogP contribution >= 0.6 is 11.8 Å². The van der Waals surface area contributed by atoms with Crippen LogP contribution < -0.4 is 0 Å². The van der Waals surface area contributed by atoms with Gasteiger partial charge in [-0.15, -0.1) is 0 Å². The summed E-state index contributed by atoms with van der Waals surface area (Å²) in [5.74, 6) is 0. The fraction of sp³-hybridized carbons (Fsp3) is 0.400. The van der Waals surface area contributed by atoms with Gasteiger partial charge in [0.25, 0.3) is 0 Å². The molecule has 26 heavy (non-hydrogen) atoms. The third kappa shape index (κ3) is 5.07. The van der Waals surface area contributed by atoms with E-state index < -0.39 is 30.0 Å². The van der Waals surface area contributed by atoms with Crippen molar-refractivity contribution in [2.24, 2.45) is 0 Å². The Kier molecular flexibility index (Phi) is 7.07. The van der Waals surface area contributed by atoms with Crippen LogP contribution in [0.25, 0.3) is 0 Å². The van der Waals surface area contributed by atoms with Gasteiger partial charge in [-0.25, -0.2) is 0 Å². The Bertz CT molecular complexity index is 652. The molecule has 1 aliphatic heterocycles. The number of hydrogen-bond donors (Lipinski definition) is 2. The molecule has 5 atom stereocenters. The first-order valence-corrected chi connectivity index (χ1v) is 9.53. The van der Waals surface area contributed by atoms with Gasteiger partial charge < -0.3 is 24.4 Å². The first kappa shape index (κ1) is 19.4. The molecule has 140 valence electrons. The van der Waals surface area contributed by atoms with Crippen molar-refractivity contribution in [3.8, 4) is 0 Å². The van der Waals surface area contributed by atoms with Crippen LogP contribution in [0.2, 0.25) is 0 Å². The minimum atomic E-state index is -0.689. The number of benzene rings is 2. The van der Waals surface area contributed by atoms with Gasteiger partial charge >= 0.3 is 0 Å². The monoisotopic (exact) mass is 376 g/mol. The largest absolute Gasteiger partial charge is 0.394 e. The van der Waals surface area contributed by atoms with E-state index in [0.717, 1.165) is 10.5 Å². The molecule has 0 spiro atoms. The lowest BCUT2D eigenvalue weighted by atomic mass is 10.1. The van der Waals surface area contributed by atoms with Gasteiger partial charge in [0.05, 0.1) is 19.3 Å². The number of hydrogen-bond acceptors (Lipinski definition) is 6. The van der Waals surface area contributed by atoms with Gasteiger partial charge in [-0.2, -0.15) is 0 Å². The molecule has 1 aliphatic rings. The summed E-state index contributed by atoms with van der Waals surface area (Å²) >= 11 is 1.44. The predicted molar refractivity (Wildman–Crippen MR) is 99.7 cm³/mol. The Morgan fingerprint density at radius 1 is 1.12 bits per heavy atom. The second-order valence-electron chi connectivity index (χ2n) is 6.15. The van der Waals surface area contributed by atoms with Crippen molar-refractivity contribution in [2.45, 2.75) is 41.9 Å². The standard InChI is InChI=1S/C20H24O5S/c1-14(22)20(26-16-10-6-3-7-11-16)25-18-13-23-19(24-17(18)12-21)15-8-4-2-5-9-15/h2-11,14,17-22H,12-13H2,1H3/t14-,17+,18?,19?,20-/m0/s1. The molecule has 1 fully saturated rings. The molecule has 0 bridgehead atoms. The summed E-state index contributed by atoms with van der Waals surface area (Å²) in [6.45, 7) is 1.79. The molecule has 0 aromatic heterocycles. The van der Waals surface area contributed by atoms with Crippen LogP contribution in [-0.2, 0) is 14.2 Å². The number of thioether (sulfide) groups is 1. The van der Waals surface area contributed by atoms with Gasteiger partial charge in [-0.3, -0.25) is 0 Å². The third-order valence-electron chi connectivity index (χ3n) is 4.07. The minimum Gasteiger partial charge on any atom is -0.394 e. The van der Waals surface area contributed by atoms with Crippen LogP contribution in [0.15, 0.2) is 65.6 Å². The third-order valence-corrected chi connectivity index (χ3v) is 5.36. The van der Waals surface area contributed by atoms with E-state index in [1.165, 1.54) is 11.8 Å². The maximum Gasteiger partial charge on any atom is 0.184 e. The minimum absolute atomic E-state index is 0.181. The average Bonchev–Trinajstić information content (AvgIpc) is 2.69. The molecule has 2 aromatic rings. The summed E-state index contributed by atoms with van der Waals surface area (Å²) in [7, 11) is 0. The molecule has 0 radical (unpaired) electrons. The van der Waals surface area contributed by atoms with Crippen molar-refractivity contribution in [1.82, 2.24) is 0 Å². The van der Waals surface area contributed by atoms with E-state index in [2.05, 4.69) is 0 Å². The maximum absolute atomic E-state index is 10.1. The van der Waals surface area contributed by atoms with Crippen LogP contribution in [0.4, 0.5) is 0 Å². The van der Waals surface area contributed by atoms with Crippen molar-refractivity contribution < 1.29 is 24.4 Å². The predicted octanol–water partition coefficient (Wildman–Crippen LogP) is 2.98. The van der Waals surface area contributed by atoms with Crippen LogP contribution in [0.3, 0.4) is 0 Å². The zero-order valence-electron chi connectivity index (χ0n) is 14.6. The number of rotatable bonds is 7. The summed E-state index contributed by atoms with van der Waals surface area (Å²) in [6.07, 6.45) is -2.20. The van der Waals surface area contributed by atoms with Crippen LogP contribution in [0.5, 0.6) is 0 Å². The normalized spacial score (nSPS) is 25.6. The summed E-state index contributed by atoms with van der Waals surface area (Å²) < 4.78 is 17.7. The van der Waals surface area contributed by atoms with E-state index in [4.69, 9.17) is 14.2 Å². The molecule has 2 aromatic carbocycles. The van der Waals surface area contributed by atoms with Crippen molar-refractivity contribution in [1.29, 1.82) is 0 Å². The molecule has 2 unspecified atom stereocenters. The van der Waals surface area contributed by atoms with E-state index >= 15 is 0 Å². The Hall–Kier alpha value is -1.41. The topological polar surface area (TPSA) is 68.2 Å². The molecule has 0 aliphatic carbocycles. The molecule has 2 N–H and O–H groups in total. The fourth-order valence-electron chi connectivity index (χ4n) is 2.69. The highest BCUT2D eigenvalue weighted by atomic mass is 32.2. The average molecular weight is 376 g/mol. The zero-order chi connectivity index (χ0) is 18.4. The lowest BCUT2D eigenvalue weighted by Crippen LogP contribution is -2.46. The lowest BCUT2D eigenvalue weighted by molar-refractivity contribution is -0.276. The van der Waals surface area contributed by atoms with E-state index in [-0.39, 0.29) is 13.2 Å². The molecule has 1 heterocycles. The summed E-state index contributed by atoms with van der Waals surface area (Å²) in [4.78, 5) is 0.999. The van der Waals surface area contributed by atoms with E-state index in [1.807, 2.05) is 60.7 Å². The summed E-state index contributed by atoms with van der Waals surface area (Å²) in [5.41, 5.74) is 0.409. The Morgan fingerprint density at radius 3 is 2.38 bits per heavy atom. The summed E-state index contributed by atoms with van der Waals surface area (Å²) in [5, 5.41) is 19.8. The van der Waals surface area contributed by atoms with Gasteiger partial charge in [0.2, 0.25) is 0 Å². The molecular formula is C20H24O5S. The van der Waals surface area contributed by atoms with Crippen LogP contribution in [-0.4, -0.2) is 47.2 Å². The van der Waals surface area contributed by atoms with Crippen molar-refractivity contribution in [3.05, 3.63) is 66.2 Å². The first-order valence-electron chi connectivity index (χ1n) is 8.65. The highest BCUT2D eigenvalue weighted by Crippen LogP contribution is 2.32. The quantitative estimate of drug-likeness (QED) is 0.572. The van der Waals surface area contributed by atoms with Gasteiger partial charge in [0.1, 0.15) is 17.6 Å². The second kappa shape index (κ2) is 9.50. The fourth-order valence-corrected chi connectivity index (χ4v) is 3.67. The van der Waals surface area contributed by atoms with Crippen molar-refractivity contribution in [3.63, 3.8) is 0 Å². The molecular weight excluding hydrogens is 352 g/mol. The highest BCUT2D eigenvalue weighted by Gasteiger charge is 2.35. The van der Waals surface area contributed by atoms with E-state index in [0.29, 0.717) is 0 Å². The maximum atomic E-state index is 10.1. The Labute approximate surface area is 157 Å². The lowest BCUT2D eigenvalue weighted by Gasteiger charge is -2.37. The molecule has 0 saturated carbocycles. The number of aliphatic hydroxyl groups excluding tert-OH is 2. The smallest absolute Gasteiger partial charge is 0.184 e. The zero-order valence-corrected chi connectivity index (χ0v) is 15.4. The Morgan fingerprint density at radius 2 is 1.77 bits per heavy atom. The van der Waals surface area contributed by atoms with Gasteiger partial charge in [-0.05, 0) is 19.1 Å². The SMILES string of the molecule is C[C@H](O)[C@@H](OC1COC(c2ccccc2)O[C@@H]1CO)Sc1ccccc1.